The largest absolute Gasteiger partial charge is 0.370 e. The smallest absolute Gasteiger partial charge is 0.255 e. The van der Waals surface area contributed by atoms with Gasteiger partial charge in [-0.05, 0) is 67.3 Å². The van der Waals surface area contributed by atoms with Gasteiger partial charge in [-0.1, -0.05) is 24.3 Å². The molecule has 0 atom stereocenters. The van der Waals surface area contributed by atoms with Crippen LogP contribution in [0, 0.1) is 19.7 Å². The summed E-state index contributed by atoms with van der Waals surface area (Å²) in [5.74, 6) is 0.217. The SMILES string of the molecule is Cc1ccc(C)c(NC(=O)c2ccnc(NCCc3ccc(F)cc3)c2)c1. The number of hydrogen-bond acceptors (Lipinski definition) is 3. The zero-order valence-electron chi connectivity index (χ0n) is 15.4. The summed E-state index contributed by atoms with van der Waals surface area (Å²) in [6, 6.07) is 15.8. The molecule has 2 aromatic carbocycles. The van der Waals surface area contributed by atoms with E-state index in [-0.39, 0.29) is 11.7 Å². The quantitative estimate of drug-likeness (QED) is 0.665. The Kier molecular flexibility index (Phi) is 5.81. The van der Waals surface area contributed by atoms with Crippen LogP contribution in [-0.4, -0.2) is 17.4 Å². The van der Waals surface area contributed by atoms with Crippen molar-refractivity contribution >= 4 is 17.4 Å². The second-order valence-corrected chi connectivity index (χ2v) is 6.51. The minimum Gasteiger partial charge on any atom is -0.370 e. The first kappa shape index (κ1) is 18.6. The summed E-state index contributed by atoms with van der Waals surface area (Å²) in [6.07, 6.45) is 2.35. The Morgan fingerprint density at radius 3 is 2.59 bits per heavy atom. The van der Waals surface area contributed by atoms with Crippen LogP contribution in [0.15, 0.2) is 60.8 Å². The molecule has 0 fully saturated rings. The van der Waals surface area contributed by atoms with Crippen molar-refractivity contribution in [1.82, 2.24) is 4.98 Å². The van der Waals surface area contributed by atoms with Gasteiger partial charge in [0, 0.05) is 24.0 Å². The summed E-state index contributed by atoms with van der Waals surface area (Å²) < 4.78 is 12.9. The maximum Gasteiger partial charge on any atom is 0.255 e. The van der Waals surface area contributed by atoms with Crippen molar-refractivity contribution in [2.24, 2.45) is 0 Å². The predicted octanol–water partition coefficient (Wildman–Crippen LogP) is 4.74. The molecular weight excluding hydrogens is 341 g/mol. The number of nitrogens with one attached hydrogen (secondary N) is 2. The van der Waals surface area contributed by atoms with Crippen molar-refractivity contribution in [3.8, 4) is 0 Å². The highest BCUT2D eigenvalue weighted by atomic mass is 19.1. The van der Waals surface area contributed by atoms with E-state index in [1.54, 1.807) is 30.5 Å². The van der Waals surface area contributed by atoms with E-state index in [0.717, 1.165) is 28.8 Å². The molecule has 0 saturated heterocycles. The molecule has 0 unspecified atom stereocenters. The zero-order valence-corrected chi connectivity index (χ0v) is 15.4. The highest BCUT2D eigenvalue weighted by Gasteiger charge is 2.09. The first-order valence-corrected chi connectivity index (χ1v) is 8.84. The van der Waals surface area contributed by atoms with Gasteiger partial charge in [0.1, 0.15) is 11.6 Å². The van der Waals surface area contributed by atoms with E-state index in [0.29, 0.717) is 17.9 Å². The molecule has 27 heavy (non-hydrogen) atoms. The number of halogens is 1. The molecular formula is C22H22FN3O. The van der Waals surface area contributed by atoms with Crippen LogP contribution in [-0.2, 0) is 6.42 Å². The average Bonchev–Trinajstić information content (AvgIpc) is 2.66. The van der Waals surface area contributed by atoms with Gasteiger partial charge >= 0.3 is 0 Å². The molecule has 0 bridgehead atoms. The number of amides is 1. The number of rotatable bonds is 6. The molecule has 0 aliphatic rings. The van der Waals surface area contributed by atoms with Crippen LogP contribution in [0.5, 0.6) is 0 Å². The number of nitrogens with zero attached hydrogens (tertiary/aromatic N) is 1. The van der Waals surface area contributed by atoms with Crippen molar-refractivity contribution in [3.63, 3.8) is 0 Å². The van der Waals surface area contributed by atoms with E-state index in [1.165, 1.54) is 12.1 Å². The molecule has 0 aliphatic carbocycles. The number of carbonyl (C=O) groups excluding carboxylic acids is 1. The normalized spacial score (nSPS) is 10.5. The maximum atomic E-state index is 12.9. The summed E-state index contributed by atoms with van der Waals surface area (Å²) in [7, 11) is 0. The summed E-state index contributed by atoms with van der Waals surface area (Å²) in [5.41, 5.74) is 4.49. The van der Waals surface area contributed by atoms with Crippen molar-refractivity contribution in [3.05, 3.63) is 88.9 Å². The minimum atomic E-state index is -0.240. The highest BCUT2D eigenvalue weighted by molar-refractivity contribution is 6.05. The fourth-order valence-electron chi connectivity index (χ4n) is 2.72. The molecule has 0 radical (unpaired) electrons. The van der Waals surface area contributed by atoms with Gasteiger partial charge < -0.3 is 10.6 Å². The van der Waals surface area contributed by atoms with Crippen molar-refractivity contribution in [2.75, 3.05) is 17.2 Å². The van der Waals surface area contributed by atoms with Crippen LogP contribution in [0.2, 0.25) is 0 Å². The lowest BCUT2D eigenvalue weighted by Gasteiger charge is -2.11. The Balaban J connectivity index is 1.61. The number of aryl methyl sites for hydroxylation is 2. The molecule has 4 nitrogen and oxygen atoms in total. The second kappa shape index (κ2) is 8.45. The molecule has 2 N–H and O–H groups in total. The van der Waals surface area contributed by atoms with Crippen LogP contribution >= 0.6 is 0 Å². The molecule has 138 valence electrons. The summed E-state index contributed by atoms with van der Waals surface area (Å²) >= 11 is 0. The maximum absolute atomic E-state index is 12.9. The van der Waals surface area contributed by atoms with Gasteiger partial charge in [0.05, 0.1) is 0 Å². The van der Waals surface area contributed by atoms with E-state index in [1.807, 2.05) is 32.0 Å². The van der Waals surface area contributed by atoms with Crippen LogP contribution < -0.4 is 10.6 Å². The average molecular weight is 363 g/mol. The lowest BCUT2D eigenvalue weighted by molar-refractivity contribution is 0.102. The van der Waals surface area contributed by atoms with Crippen molar-refractivity contribution in [2.45, 2.75) is 20.3 Å². The van der Waals surface area contributed by atoms with E-state index < -0.39 is 0 Å². The Morgan fingerprint density at radius 2 is 1.81 bits per heavy atom. The molecule has 0 spiro atoms. The standard InChI is InChI=1S/C22H22FN3O/c1-15-3-4-16(2)20(13-15)26-22(27)18-10-12-25-21(14-18)24-11-9-17-5-7-19(23)8-6-17/h3-8,10,12-14H,9,11H2,1-2H3,(H,24,25)(H,26,27). The number of pyridine rings is 1. The Bertz CT molecular complexity index is 939. The summed E-state index contributed by atoms with van der Waals surface area (Å²) in [5, 5.41) is 6.15. The van der Waals surface area contributed by atoms with E-state index in [9.17, 15) is 9.18 Å². The Morgan fingerprint density at radius 1 is 1.04 bits per heavy atom. The molecule has 0 aliphatic heterocycles. The van der Waals surface area contributed by atoms with Crippen LogP contribution in [0.25, 0.3) is 0 Å². The monoisotopic (exact) mass is 363 g/mol. The number of hydrogen-bond donors (Lipinski definition) is 2. The zero-order chi connectivity index (χ0) is 19.2. The summed E-state index contributed by atoms with van der Waals surface area (Å²) in [4.78, 5) is 16.8. The third-order valence-electron chi connectivity index (χ3n) is 4.30. The molecule has 0 saturated carbocycles. The fraction of sp³-hybridized carbons (Fsp3) is 0.182. The van der Waals surface area contributed by atoms with E-state index in [4.69, 9.17) is 0 Å². The number of aromatic nitrogens is 1. The predicted molar refractivity (Wildman–Crippen MR) is 107 cm³/mol. The highest BCUT2D eigenvalue weighted by Crippen LogP contribution is 2.18. The van der Waals surface area contributed by atoms with Gasteiger partial charge in [-0.15, -0.1) is 0 Å². The molecule has 1 aromatic heterocycles. The first-order valence-electron chi connectivity index (χ1n) is 8.84. The fourth-order valence-corrected chi connectivity index (χ4v) is 2.72. The topological polar surface area (TPSA) is 54.0 Å². The van der Waals surface area contributed by atoms with Gasteiger partial charge in [0.25, 0.3) is 5.91 Å². The number of benzene rings is 2. The second-order valence-electron chi connectivity index (χ2n) is 6.51. The van der Waals surface area contributed by atoms with Crippen LogP contribution in [0.1, 0.15) is 27.0 Å². The number of anilines is 2. The third-order valence-corrected chi connectivity index (χ3v) is 4.30. The molecule has 5 heteroatoms. The molecule has 1 heterocycles. The Labute approximate surface area is 158 Å². The van der Waals surface area contributed by atoms with Gasteiger partial charge in [-0.3, -0.25) is 4.79 Å². The van der Waals surface area contributed by atoms with Crippen LogP contribution in [0.4, 0.5) is 15.9 Å². The minimum absolute atomic E-state index is 0.173. The van der Waals surface area contributed by atoms with Gasteiger partial charge in [-0.2, -0.15) is 0 Å². The van der Waals surface area contributed by atoms with E-state index >= 15 is 0 Å². The van der Waals surface area contributed by atoms with E-state index in [2.05, 4.69) is 15.6 Å². The number of carbonyl (C=O) groups is 1. The lowest BCUT2D eigenvalue weighted by Crippen LogP contribution is -2.14. The lowest BCUT2D eigenvalue weighted by atomic mass is 10.1. The molecule has 3 aromatic rings. The van der Waals surface area contributed by atoms with Gasteiger partial charge in [-0.25, -0.2) is 9.37 Å². The summed E-state index contributed by atoms with van der Waals surface area (Å²) in [6.45, 7) is 4.59. The molecule has 3 rings (SSSR count). The Hall–Kier alpha value is -3.21. The van der Waals surface area contributed by atoms with Crippen LogP contribution in [0.3, 0.4) is 0 Å². The molecule has 1 amide bonds. The third kappa shape index (κ3) is 5.14. The van der Waals surface area contributed by atoms with Gasteiger partial charge in [0.2, 0.25) is 0 Å². The van der Waals surface area contributed by atoms with Crippen molar-refractivity contribution < 1.29 is 9.18 Å². The van der Waals surface area contributed by atoms with Gasteiger partial charge in [0.15, 0.2) is 0 Å². The first-order chi connectivity index (χ1) is 13.0. The van der Waals surface area contributed by atoms with Crippen molar-refractivity contribution in [1.29, 1.82) is 0 Å².